The summed E-state index contributed by atoms with van der Waals surface area (Å²) in [6.45, 7) is 0. The van der Waals surface area contributed by atoms with Crippen LogP contribution in [0.1, 0.15) is 56.0 Å². The SMILES string of the molecule is O=C(NC12CC(c3cnc(OC4CC(OC(F)(F)F)C4)o3)(C1)C2)[C@H]1C[C@@H](O)c2cc(Cl)ccc2O1. The number of benzene rings is 1. The van der Waals surface area contributed by atoms with E-state index in [0.29, 0.717) is 41.4 Å². The molecule has 2 N–H and O–H groups in total. The standard InChI is InChI=1S/C23H22ClF3N2O6/c24-11-1-2-16-14(3-11)15(30)6-17(33-16)19(31)29-22-8-21(9-22,10-22)18-7-28-20(34-18)32-12-4-13(5-12)35-23(25,26)27/h1-3,7,12-13,15,17,30H,4-6,8-10H2,(H,29,31)/t12?,13?,15-,17-,21?,22?/m1/s1. The van der Waals surface area contributed by atoms with Gasteiger partial charge >= 0.3 is 12.4 Å². The molecule has 188 valence electrons. The van der Waals surface area contributed by atoms with Gasteiger partial charge in [-0.25, -0.2) is 0 Å². The average molecular weight is 515 g/mol. The molecular formula is C23H22ClF3N2O6. The number of aliphatic hydroxyl groups excluding tert-OH is 1. The number of amides is 1. The molecule has 0 radical (unpaired) electrons. The van der Waals surface area contributed by atoms with Crippen LogP contribution in [0.5, 0.6) is 11.8 Å². The van der Waals surface area contributed by atoms with E-state index in [-0.39, 0.29) is 42.2 Å². The van der Waals surface area contributed by atoms with Crippen LogP contribution in [-0.4, -0.2) is 46.2 Å². The second kappa shape index (κ2) is 7.75. The molecule has 4 aliphatic carbocycles. The Balaban J connectivity index is 1.00. The van der Waals surface area contributed by atoms with Crippen molar-refractivity contribution in [1.29, 1.82) is 0 Å². The zero-order chi connectivity index (χ0) is 24.6. The predicted octanol–water partition coefficient (Wildman–Crippen LogP) is 3.95. The summed E-state index contributed by atoms with van der Waals surface area (Å²) in [5.74, 6) is 0.806. The highest BCUT2D eigenvalue weighted by Gasteiger charge is 2.71. The summed E-state index contributed by atoms with van der Waals surface area (Å²) in [6.07, 6.45) is -3.63. The topological polar surface area (TPSA) is 103 Å². The molecule has 35 heavy (non-hydrogen) atoms. The lowest BCUT2D eigenvalue weighted by Gasteiger charge is -2.69. The first-order chi connectivity index (χ1) is 16.5. The Morgan fingerprint density at radius 2 is 1.94 bits per heavy atom. The maximum Gasteiger partial charge on any atom is 0.522 e. The molecule has 4 saturated carbocycles. The molecule has 5 aliphatic rings. The predicted molar refractivity (Wildman–Crippen MR) is 113 cm³/mol. The van der Waals surface area contributed by atoms with Gasteiger partial charge in [0.2, 0.25) is 0 Å². The third kappa shape index (κ3) is 4.13. The van der Waals surface area contributed by atoms with E-state index in [0.717, 1.165) is 0 Å². The van der Waals surface area contributed by atoms with E-state index in [1.807, 2.05) is 0 Å². The molecule has 0 spiro atoms. The van der Waals surface area contributed by atoms with Crippen LogP contribution in [0.15, 0.2) is 28.8 Å². The molecule has 2 aromatic rings. The van der Waals surface area contributed by atoms with Gasteiger partial charge in [-0.1, -0.05) is 11.6 Å². The number of nitrogens with zero attached hydrogens (tertiary/aromatic N) is 1. The molecule has 2 atom stereocenters. The number of nitrogens with one attached hydrogen (secondary N) is 1. The number of carbonyl (C=O) groups excluding carboxylic acids is 1. The molecule has 8 nitrogen and oxygen atoms in total. The number of hydrogen-bond donors (Lipinski definition) is 2. The highest BCUT2D eigenvalue weighted by atomic mass is 35.5. The van der Waals surface area contributed by atoms with Crippen LogP contribution < -0.4 is 14.8 Å². The molecule has 1 amide bonds. The third-order valence-corrected chi connectivity index (χ3v) is 7.61. The lowest BCUT2D eigenvalue weighted by molar-refractivity contribution is -0.355. The highest BCUT2D eigenvalue weighted by Crippen LogP contribution is 2.68. The maximum atomic E-state index is 12.9. The second-order valence-corrected chi connectivity index (χ2v) is 10.4. The van der Waals surface area contributed by atoms with Crippen molar-refractivity contribution in [2.45, 2.75) is 80.3 Å². The molecule has 12 heteroatoms. The fourth-order valence-corrected chi connectivity index (χ4v) is 5.88. The Morgan fingerprint density at radius 1 is 1.20 bits per heavy atom. The summed E-state index contributed by atoms with van der Waals surface area (Å²) >= 11 is 5.98. The molecule has 4 fully saturated rings. The highest BCUT2D eigenvalue weighted by molar-refractivity contribution is 6.30. The summed E-state index contributed by atoms with van der Waals surface area (Å²) in [7, 11) is 0. The van der Waals surface area contributed by atoms with Crippen LogP contribution in [0, 0.1) is 0 Å². The van der Waals surface area contributed by atoms with Crippen molar-refractivity contribution in [3.8, 4) is 11.8 Å². The molecule has 0 unspecified atom stereocenters. The van der Waals surface area contributed by atoms with Gasteiger partial charge in [0.15, 0.2) is 6.10 Å². The number of carbonyl (C=O) groups is 1. The quantitative estimate of drug-likeness (QED) is 0.601. The van der Waals surface area contributed by atoms with E-state index in [9.17, 15) is 23.1 Å². The van der Waals surface area contributed by atoms with Crippen molar-refractivity contribution >= 4 is 17.5 Å². The zero-order valence-corrected chi connectivity index (χ0v) is 19.1. The Kier molecular flexibility index (Phi) is 5.08. The monoisotopic (exact) mass is 514 g/mol. The summed E-state index contributed by atoms with van der Waals surface area (Å²) in [4.78, 5) is 17.0. The van der Waals surface area contributed by atoms with Gasteiger partial charge in [-0.2, -0.15) is 4.98 Å². The van der Waals surface area contributed by atoms with E-state index in [4.69, 9.17) is 25.5 Å². The van der Waals surface area contributed by atoms with Crippen LogP contribution in [0.4, 0.5) is 13.2 Å². The van der Waals surface area contributed by atoms with Crippen molar-refractivity contribution in [2.75, 3.05) is 0 Å². The van der Waals surface area contributed by atoms with E-state index in [1.54, 1.807) is 24.4 Å². The minimum Gasteiger partial charge on any atom is -0.480 e. The Labute approximate surface area is 202 Å². The first-order valence-electron chi connectivity index (χ1n) is 11.4. The molecule has 2 heterocycles. The molecule has 1 aromatic heterocycles. The maximum absolute atomic E-state index is 12.9. The smallest absolute Gasteiger partial charge is 0.480 e. The van der Waals surface area contributed by atoms with Crippen molar-refractivity contribution in [3.05, 3.63) is 40.7 Å². The number of fused-ring (bicyclic) bond motifs is 1. The summed E-state index contributed by atoms with van der Waals surface area (Å²) in [5.41, 5.74) is -0.0188. The number of rotatable bonds is 6. The van der Waals surface area contributed by atoms with Gasteiger partial charge in [-0.15, -0.1) is 13.2 Å². The van der Waals surface area contributed by atoms with Gasteiger partial charge in [0.1, 0.15) is 17.6 Å². The Morgan fingerprint density at radius 3 is 2.66 bits per heavy atom. The fraction of sp³-hybridized carbons (Fsp3) is 0.565. The summed E-state index contributed by atoms with van der Waals surface area (Å²) in [6, 6.07) is 4.93. The van der Waals surface area contributed by atoms with Gasteiger partial charge in [-0.3, -0.25) is 9.53 Å². The van der Waals surface area contributed by atoms with Crippen LogP contribution in [-0.2, 0) is 14.9 Å². The van der Waals surface area contributed by atoms with E-state index < -0.39 is 30.8 Å². The normalized spacial score (nSPS) is 35.0. The number of alkyl halides is 3. The molecule has 2 bridgehead atoms. The van der Waals surface area contributed by atoms with Crippen molar-refractivity contribution in [1.82, 2.24) is 10.3 Å². The first kappa shape index (κ1) is 22.9. The Hall–Kier alpha value is -2.50. The van der Waals surface area contributed by atoms with Gasteiger partial charge in [0, 0.05) is 40.8 Å². The number of aliphatic hydroxyl groups is 1. The number of halogens is 4. The zero-order valence-electron chi connectivity index (χ0n) is 18.3. The lowest BCUT2D eigenvalue weighted by atomic mass is 9.38. The van der Waals surface area contributed by atoms with E-state index >= 15 is 0 Å². The molecule has 1 aliphatic heterocycles. The summed E-state index contributed by atoms with van der Waals surface area (Å²) < 4.78 is 57.7. The van der Waals surface area contributed by atoms with Gasteiger partial charge in [-0.05, 0) is 37.5 Å². The second-order valence-electron chi connectivity index (χ2n) is 10.0. The fourth-order valence-electron chi connectivity index (χ4n) is 5.70. The average Bonchev–Trinajstić information content (AvgIpc) is 3.15. The number of aromatic nitrogens is 1. The number of hydrogen-bond acceptors (Lipinski definition) is 7. The largest absolute Gasteiger partial charge is 0.522 e. The van der Waals surface area contributed by atoms with E-state index in [2.05, 4.69) is 15.0 Å². The minimum absolute atomic E-state index is 0.0293. The van der Waals surface area contributed by atoms with Crippen LogP contribution in [0.25, 0.3) is 0 Å². The molecular weight excluding hydrogens is 493 g/mol. The Bertz CT molecular complexity index is 1140. The third-order valence-electron chi connectivity index (χ3n) is 7.38. The van der Waals surface area contributed by atoms with Crippen molar-refractivity contribution in [3.63, 3.8) is 0 Å². The van der Waals surface area contributed by atoms with Crippen LogP contribution in [0.2, 0.25) is 5.02 Å². The van der Waals surface area contributed by atoms with Gasteiger partial charge in [0.05, 0.1) is 18.4 Å². The van der Waals surface area contributed by atoms with E-state index in [1.165, 1.54) is 0 Å². The van der Waals surface area contributed by atoms with Gasteiger partial charge in [0.25, 0.3) is 5.91 Å². The summed E-state index contributed by atoms with van der Waals surface area (Å²) in [5, 5.41) is 14.0. The molecule has 0 saturated heterocycles. The molecule has 1 aromatic carbocycles. The van der Waals surface area contributed by atoms with Crippen LogP contribution in [0.3, 0.4) is 0 Å². The van der Waals surface area contributed by atoms with Gasteiger partial charge < -0.3 is 24.3 Å². The molecule has 7 rings (SSSR count). The number of oxazole rings is 1. The number of ether oxygens (including phenoxy) is 3. The van der Waals surface area contributed by atoms with Crippen molar-refractivity contribution < 1.29 is 41.7 Å². The lowest BCUT2D eigenvalue weighted by Crippen LogP contribution is -2.77. The van der Waals surface area contributed by atoms with Crippen LogP contribution >= 0.6 is 11.6 Å². The first-order valence-corrected chi connectivity index (χ1v) is 11.7. The van der Waals surface area contributed by atoms with Crippen molar-refractivity contribution in [2.24, 2.45) is 0 Å². The minimum atomic E-state index is -4.65.